The molecular formula is C15H14N8O4S2. The second kappa shape index (κ2) is 6.70. The summed E-state index contributed by atoms with van der Waals surface area (Å²) in [7, 11) is -7.53. The molecule has 12 nitrogen and oxygen atoms in total. The number of fused-ring (bicyclic) bond motifs is 1. The second-order valence-corrected chi connectivity index (χ2v) is 9.30. The van der Waals surface area contributed by atoms with Gasteiger partial charge in [0.1, 0.15) is 9.79 Å². The third-order valence-electron chi connectivity index (χ3n) is 4.30. The Bertz CT molecular complexity index is 1430. The van der Waals surface area contributed by atoms with Crippen molar-refractivity contribution in [3.8, 4) is 22.5 Å². The van der Waals surface area contributed by atoms with Crippen LogP contribution in [0.1, 0.15) is 0 Å². The van der Waals surface area contributed by atoms with E-state index in [1.165, 1.54) is 12.1 Å². The third kappa shape index (κ3) is 3.17. The minimum Gasteiger partial charge on any atom is -0.277 e. The Hall–Kier alpha value is -3.20. The molecule has 0 fully saturated rings. The van der Waals surface area contributed by atoms with Gasteiger partial charge in [-0.05, 0) is 23.9 Å². The molecule has 0 saturated carbocycles. The van der Waals surface area contributed by atoms with Gasteiger partial charge in [-0.1, -0.05) is 24.3 Å². The van der Waals surface area contributed by atoms with E-state index >= 15 is 0 Å². The Balaban J connectivity index is 2.21. The SMILES string of the molecule is CNS(=O)(=O)c1ccc(-c2cccc3cn[nH]c23)c(-c2nn[nH]n2)c1S(N)(=O)=O. The monoisotopic (exact) mass is 434 g/mol. The van der Waals surface area contributed by atoms with Gasteiger partial charge in [0.25, 0.3) is 0 Å². The molecule has 2 aromatic heterocycles. The molecule has 29 heavy (non-hydrogen) atoms. The van der Waals surface area contributed by atoms with Gasteiger partial charge in [-0.15, -0.1) is 10.2 Å². The number of nitrogens with one attached hydrogen (secondary N) is 3. The second-order valence-electron chi connectivity index (χ2n) is 5.94. The van der Waals surface area contributed by atoms with E-state index in [4.69, 9.17) is 5.14 Å². The first-order valence-corrected chi connectivity index (χ1v) is 11.1. The van der Waals surface area contributed by atoms with Crippen LogP contribution in [0.15, 0.2) is 46.3 Å². The number of para-hydroxylation sites is 1. The van der Waals surface area contributed by atoms with E-state index in [2.05, 4.69) is 35.5 Å². The number of aromatic nitrogens is 6. The maximum Gasteiger partial charge on any atom is 0.241 e. The molecule has 5 N–H and O–H groups in total. The summed E-state index contributed by atoms with van der Waals surface area (Å²) in [5.74, 6) is -0.131. The topological polar surface area (TPSA) is 189 Å². The lowest BCUT2D eigenvalue weighted by Gasteiger charge is -2.16. The van der Waals surface area contributed by atoms with Crippen LogP contribution in [-0.4, -0.2) is 54.7 Å². The van der Waals surface area contributed by atoms with Gasteiger partial charge in [0.05, 0.1) is 17.3 Å². The highest BCUT2D eigenvalue weighted by molar-refractivity contribution is 7.92. The Labute approximate surface area is 164 Å². The van der Waals surface area contributed by atoms with Gasteiger partial charge in [-0.3, -0.25) is 5.10 Å². The van der Waals surface area contributed by atoms with Crippen molar-refractivity contribution in [2.75, 3.05) is 7.05 Å². The molecule has 0 unspecified atom stereocenters. The van der Waals surface area contributed by atoms with Crippen LogP contribution in [0, 0.1) is 0 Å². The predicted octanol–water partition coefficient (Wildman–Crippen LogP) is -0.0345. The largest absolute Gasteiger partial charge is 0.277 e. The number of primary sulfonamides is 1. The summed E-state index contributed by atoms with van der Waals surface area (Å²) in [5.41, 5.74) is 1.40. The van der Waals surface area contributed by atoms with Crippen LogP contribution in [0.25, 0.3) is 33.4 Å². The summed E-state index contributed by atoms with van der Waals surface area (Å²) in [6, 6.07) is 7.91. The van der Waals surface area contributed by atoms with E-state index in [0.717, 1.165) is 12.4 Å². The van der Waals surface area contributed by atoms with Gasteiger partial charge < -0.3 is 0 Å². The molecule has 0 amide bonds. The van der Waals surface area contributed by atoms with Gasteiger partial charge in [-0.2, -0.15) is 10.3 Å². The molecule has 2 heterocycles. The van der Waals surface area contributed by atoms with Gasteiger partial charge in [0.15, 0.2) is 0 Å². The molecule has 0 aliphatic carbocycles. The van der Waals surface area contributed by atoms with Crippen LogP contribution >= 0.6 is 0 Å². The zero-order valence-electron chi connectivity index (χ0n) is 14.8. The van der Waals surface area contributed by atoms with Crippen LogP contribution in [0.3, 0.4) is 0 Å². The molecule has 4 aromatic rings. The Morgan fingerprint density at radius 3 is 2.52 bits per heavy atom. The van der Waals surface area contributed by atoms with Crippen molar-refractivity contribution in [2.45, 2.75) is 9.79 Å². The fraction of sp³-hybridized carbons (Fsp3) is 0.0667. The fourth-order valence-electron chi connectivity index (χ4n) is 3.08. The van der Waals surface area contributed by atoms with E-state index in [1.54, 1.807) is 18.3 Å². The maximum absolute atomic E-state index is 12.5. The van der Waals surface area contributed by atoms with Crippen molar-refractivity contribution in [2.24, 2.45) is 5.14 Å². The van der Waals surface area contributed by atoms with Crippen LogP contribution in [0.4, 0.5) is 0 Å². The van der Waals surface area contributed by atoms with Crippen molar-refractivity contribution >= 4 is 30.9 Å². The number of tetrazole rings is 1. The Kier molecular flexibility index (Phi) is 4.42. The maximum atomic E-state index is 12.5. The average Bonchev–Trinajstić information content (AvgIpc) is 3.37. The molecule has 0 aliphatic rings. The first kappa shape index (κ1) is 19.1. The van der Waals surface area contributed by atoms with Crippen LogP contribution in [0.2, 0.25) is 0 Å². The zero-order valence-corrected chi connectivity index (χ0v) is 16.4. The zero-order chi connectivity index (χ0) is 20.8. The first-order valence-electron chi connectivity index (χ1n) is 8.03. The Morgan fingerprint density at radius 2 is 1.86 bits per heavy atom. The molecule has 14 heteroatoms. The van der Waals surface area contributed by atoms with Crippen LogP contribution in [-0.2, 0) is 20.0 Å². The van der Waals surface area contributed by atoms with Gasteiger partial charge in [-0.25, -0.2) is 26.7 Å². The minimum atomic E-state index is -4.52. The predicted molar refractivity (Wildman–Crippen MR) is 102 cm³/mol. The fourth-order valence-corrected chi connectivity index (χ4v) is 5.40. The highest BCUT2D eigenvalue weighted by Gasteiger charge is 2.31. The number of sulfonamides is 2. The third-order valence-corrected chi connectivity index (χ3v) is 6.88. The quantitative estimate of drug-likeness (QED) is 0.336. The van der Waals surface area contributed by atoms with Gasteiger partial charge >= 0.3 is 0 Å². The van der Waals surface area contributed by atoms with E-state index in [0.29, 0.717) is 16.6 Å². The summed E-state index contributed by atoms with van der Waals surface area (Å²) in [6.45, 7) is 0. The van der Waals surface area contributed by atoms with Crippen molar-refractivity contribution in [3.05, 3.63) is 36.5 Å². The van der Waals surface area contributed by atoms with Crippen molar-refractivity contribution in [3.63, 3.8) is 0 Å². The van der Waals surface area contributed by atoms with Gasteiger partial charge in [0.2, 0.25) is 25.9 Å². The van der Waals surface area contributed by atoms with E-state index in [1.807, 2.05) is 6.07 Å². The smallest absolute Gasteiger partial charge is 0.241 e. The van der Waals surface area contributed by atoms with E-state index < -0.39 is 29.8 Å². The molecule has 0 bridgehead atoms. The molecule has 0 saturated heterocycles. The van der Waals surface area contributed by atoms with E-state index in [-0.39, 0.29) is 11.4 Å². The van der Waals surface area contributed by atoms with Crippen molar-refractivity contribution < 1.29 is 16.8 Å². The van der Waals surface area contributed by atoms with Crippen molar-refractivity contribution in [1.29, 1.82) is 0 Å². The summed E-state index contributed by atoms with van der Waals surface area (Å²) >= 11 is 0. The standard InChI is InChI=1S/C15H14N8O4S2/c1-17-29(26,27)11-6-5-9(10-4-2-3-8-7-18-19-13(8)10)12(14(11)28(16,24)25)15-20-22-23-21-15/h2-7,17H,1H3,(H,18,19)(H2,16,24,25)(H,20,21,22,23). The molecule has 0 aliphatic heterocycles. The number of nitrogens with two attached hydrogens (primary N) is 1. The number of benzene rings is 2. The van der Waals surface area contributed by atoms with Gasteiger partial charge in [0, 0.05) is 10.9 Å². The number of nitrogens with zero attached hydrogens (tertiary/aromatic N) is 4. The average molecular weight is 434 g/mol. The lowest BCUT2D eigenvalue weighted by atomic mass is 9.97. The number of hydrogen-bond acceptors (Lipinski definition) is 8. The molecule has 0 atom stereocenters. The summed E-state index contributed by atoms with van der Waals surface area (Å²) in [6.07, 6.45) is 1.60. The molecule has 0 spiro atoms. The number of H-pyrrole nitrogens is 2. The van der Waals surface area contributed by atoms with Crippen LogP contribution < -0.4 is 9.86 Å². The summed E-state index contributed by atoms with van der Waals surface area (Å²) in [4.78, 5) is -1.16. The van der Waals surface area contributed by atoms with Crippen molar-refractivity contribution in [1.82, 2.24) is 35.5 Å². The van der Waals surface area contributed by atoms with Crippen LogP contribution in [0.5, 0.6) is 0 Å². The molecule has 0 radical (unpaired) electrons. The highest BCUT2D eigenvalue weighted by atomic mass is 32.2. The lowest BCUT2D eigenvalue weighted by Crippen LogP contribution is -2.24. The molecule has 4 rings (SSSR count). The normalized spacial score (nSPS) is 12.5. The Morgan fingerprint density at radius 1 is 1.07 bits per heavy atom. The molecular weight excluding hydrogens is 420 g/mol. The first-order chi connectivity index (χ1) is 13.7. The highest BCUT2D eigenvalue weighted by Crippen LogP contribution is 2.40. The lowest BCUT2D eigenvalue weighted by molar-refractivity contribution is 0.578. The number of rotatable bonds is 5. The molecule has 150 valence electrons. The van der Waals surface area contributed by atoms with E-state index in [9.17, 15) is 16.8 Å². The minimum absolute atomic E-state index is 0.0975. The summed E-state index contributed by atoms with van der Waals surface area (Å²) in [5, 5.41) is 26.5. The number of aromatic amines is 2. The summed E-state index contributed by atoms with van der Waals surface area (Å²) < 4.78 is 52.1. The number of hydrogen-bond donors (Lipinski definition) is 4. The molecule has 2 aromatic carbocycles.